The normalized spacial score (nSPS) is 9.58. The van der Waals surface area contributed by atoms with Gasteiger partial charge in [-0.1, -0.05) is 17.0 Å². The number of anilines is 1. The summed E-state index contributed by atoms with van der Waals surface area (Å²) in [5.41, 5.74) is 0.610. The maximum absolute atomic E-state index is 12.0. The van der Waals surface area contributed by atoms with E-state index in [2.05, 4.69) is 27.3 Å². The number of aliphatic hydroxyl groups is 1. The first kappa shape index (κ1) is 12.8. The summed E-state index contributed by atoms with van der Waals surface area (Å²) in [6.45, 7) is 1.44. The molecule has 0 spiro atoms. The van der Waals surface area contributed by atoms with Crippen molar-refractivity contribution in [2.75, 3.05) is 11.9 Å². The largest absolute Gasteiger partial charge is 0.384 e. The van der Waals surface area contributed by atoms with Gasteiger partial charge in [0, 0.05) is 12.3 Å². The van der Waals surface area contributed by atoms with Crippen molar-refractivity contribution in [2.24, 2.45) is 0 Å². The lowest BCUT2D eigenvalue weighted by Crippen LogP contribution is -2.15. The van der Waals surface area contributed by atoms with Crippen molar-refractivity contribution < 1.29 is 14.4 Å². The molecule has 0 atom stereocenters. The van der Waals surface area contributed by atoms with E-state index in [1.54, 1.807) is 25.1 Å². The number of aromatic nitrogens is 2. The summed E-state index contributed by atoms with van der Waals surface area (Å²) in [4.78, 5) is 16.0. The van der Waals surface area contributed by atoms with E-state index in [0.717, 1.165) is 0 Å². The van der Waals surface area contributed by atoms with Crippen LogP contribution in [0.3, 0.4) is 0 Å². The molecule has 6 heteroatoms. The van der Waals surface area contributed by atoms with Crippen LogP contribution in [0.2, 0.25) is 0 Å². The summed E-state index contributed by atoms with van der Waals surface area (Å²) < 4.78 is 4.85. The van der Waals surface area contributed by atoms with Gasteiger partial charge in [0.15, 0.2) is 5.82 Å². The Kier molecular flexibility index (Phi) is 3.90. The molecule has 19 heavy (non-hydrogen) atoms. The Morgan fingerprint density at radius 1 is 1.58 bits per heavy atom. The lowest BCUT2D eigenvalue weighted by molar-refractivity contribution is 0.102. The van der Waals surface area contributed by atoms with Gasteiger partial charge in [-0.3, -0.25) is 4.79 Å². The summed E-state index contributed by atoms with van der Waals surface area (Å²) >= 11 is 0. The summed E-state index contributed by atoms with van der Waals surface area (Å²) in [5, 5.41) is 14.9. The molecule has 0 bridgehead atoms. The van der Waals surface area contributed by atoms with Gasteiger partial charge >= 0.3 is 0 Å². The lowest BCUT2D eigenvalue weighted by atomic mass is 10.2. The van der Waals surface area contributed by atoms with Crippen LogP contribution in [0.5, 0.6) is 0 Å². The highest BCUT2D eigenvalue weighted by Crippen LogP contribution is 2.10. The second kappa shape index (κ2) is 5.80. The number of carbonyl (C=O) groups excluding carboxylic acids is 1. The zero-order valence-corrected chi connectivity index (χ0v) is 10.2. The number of amides is 1. The van der Waals surface area contributed by atoms with Gasteiger partial charge in [-0.15, -0.1) is 0 Å². The number of carbonyl (C=O) groups is 1. The van der Waals surface area contributed by atoms with Gasteiger partial charge in [-0.25, -0.2) is 4.98 Å². The number of hydrogen-bond acceptors (Lipinski definition) is 5. The molecule has 0 aromatic carbocycles. The van der Waals surface area contributed by atoms with E-state index in [1.807, 2.05) is 0 Å². The van der Waals surface area contributed by atoms with E-state index >= 15 is 0 Å². The number of hydrogen-bond donors (Lipinski definition) is 2. The monoisotopic (exact) mass is 257 g/mol. The summed E-state index contributed by atoms with van der Waals surface area (Å²) in [6, 6.07) is 4.91. The van der Waals surface area contributed by atoms with Crippen LogP contribution in [0.15, 0.2) is 28.9 Å². The molecular weight excluding hydrogens is 246 g/mol. The fourth-order valence-corrected chi connectivity index (χ4v) is 1.42. The second-order valence-electron chi connectivity index (χ2n) is 3.64. The van der Waals surface area contributed by atoms with E-state index in [4.69, 9.17) is 9.63 Å². The molecule has 96 valence electrons. The zero-order chi connectivity index (χ0) is 13.7. The summed E-state index contributed by atoms with van der Waals surface area (Å²) in [5.74, 6) is 5.62. The smallest absolute Gasteiger partial charge is 0.276 e. The zero-order valence-electron chi connectivity index (χ0n) is 10.2. The fourth-order valence-electron chi connectivity index (χ4n) is 1.42. The van der Waals surface area contributed by atoms with Gasteiger partial charge < -0.3 is 14.9 Å². The van der Waals surface area contributed by atoms with E-state index < -0.39 is 5.91 Å². The Bertz CT molecular complexity index is 652. The van der Waals surface area contributed by atoms with Crippen molar-refractivity contribution in [1.82, 2.24) is 10.1 Å². The van der Waals surface area contributed by atoms with Crippen molar-refractivity contribution in [3.05, 3.63) is 41.4 Å². The molecule has 2 rings (SSSR count). The van der Waals surface area contributed by atoms with Gasteiger partial charge in [0.1, 0.15) is 18.1 Å². The molecule has 2 aromatic heterocycles. The molecule has 0 aliphatic heterocycles. The predicted octanol–water partition coefficient (Wildman–Crippen LogP) is 0.974. The van der Waals surface area contributed by atoms with Gasteiger partial charge in [0.05, 0.1) is 5.56 Å². The average molecular weight is 257 g/mol. The fraction of sp³-hybridized carbons (Fsp3) is 0.154. The van der Waals surface area contributed by atoms with E-state index in [-0.39, 0.29) is 12.3 Å². The Labute approximate surface area is 109 Å². The SMILES string of the molecule is Cc1cc(NC(=O)c2ncccc2C#CCO)no1. The van der Waals surface area contributed by atoms with Crippen LogP contribution < -0.4 is 5.32 Å². The number of pyridine rings is 1. The number of aliphatic hydroxyl groups excluding tert-OH is 1. The second-order valence-corrected chi connectivity index (χ2v) is 3.64. The molecule has 2 heterocycles. The Morgan fingerprint density at radius 3 is 3.11 bits per heavy atom. The summed E-state index contributed by atoms with van der Waals surface area (Å²) in [7, 11) is 0. The maximum atomic E-state index is 12.0. The van der Waals surface area contributed by atoms with E-state index in [9.17, 15) is 4.79 Å². The molecule has 0 unspecified atom stereocenters. The van der Waals surface area contributed by atoms with Gasteiger partial charge in [0.25, 0.3) is 5.91 Å². The minimum atomic E-state index is -0.434. The standard InChI is InChI=1S/C13H11N3O3/c1-9-8-11(16-19-9)15-13(18)12-10(5-3-7-17)4-2-6-14-12/h2,4,6,8,17H,7H2,1H3,(H,15,16,18). The number of rotatable bonds is 2. The van der Waals surface area contributed by atoms with Crippen molar-refractivity contribution in [1.29, 1.82) is 0 Å². The first-order valence-corrected chi connectivity index (χ1v) is 5.50. The molecule has 2 N–H and O–H groups in total. The first-order valence-electron chi connectivity index (χ1n) is 5.50. The molecule has 0 aliphatic rings. The number of nitrogens with zero attached hydrogens (tertiary/aromatic N) is 2. The Morgan fingerprint density at radius 2 is 2.42 bits per heavy atom. The maximum Gasteiger partial charge on any atom is 0.276 e. The Balaban J connectivity index is 2.23. The van der Waals surface area contributed by atoms with Crippen molar-refractivity contribution >= 4 is 11.7 Å². The van der Waals surface area contributed by atoms with Crippen LogP contribution >= 0.6 is 0 Å². The molecule has 2 aromatic rings. The average Bonchev–Trinajstić information content (AvgIpc) is 2.82. The molecule has 0 saturated carbocycles. The van der Waals surface area contributed by atoms with Crippen LogP contribution in [0.4, 0.5) is 5.82 Å². The van der Waals surface area contributed by atoms with E-state index in [1.165, 1.54) is 6.20 Å². The molecule has 6 nitrogen and oxygen atoms in total. The number of aryl methyl sites for hydroxylation is 1. The van der Waals surface area contributed by atoms with Crippen LogP contribution in [-0.2, 0) is 0 Å². The highest BCUT2D eigenvalue weighted by atomic mass is 16.5. The van der Waals surface area contributed by atoms with Crippen LogP contribution in [0, 0.1) is 18.8 Å². The third-order valence-corrected chi connectivity index (χ3v) is 2.19. The third kappa shape index (κ3) is 3.18. The predicted molar refractivity (Wildman–Crippen MR) is 67.4 cm³/mol. The van der Waals surface area contributed by atoms with Gasteiger partial charge in [-0.05, 0) is 19.1 Å². The van der Waals surface area contributed by atoms with Crippen LogP contribution in [-0.4, -0.2) is 27.8 Å². The minimum absolute atomic E-state index is 0.170. The third-order valence-electron chi connectivity index (χ3n) is 2.19. The Hall–Kier alpha value is -2.65. The van der Waals surface area contributed by atoms with Crippen molar-refractivity contribution in [2.45, 2.75) is 6.92 Å². The topological polar surface area (TPSA) is 88.2 Å². The molecule has 0 saturated heterocycles. The van der Waals surface area contributed by atoms with Gasteiger partial charge in [0.2, 0.25) is 0 Å². The van der Waals surface area contributed by atoms with Crippen LogP contribution in [0.1, 0.15) is 21.8 Å². The van der Waals surface area contributed by atoms with Gasteiger partial charge in [-0.2, -0.15) is 0 Å². The minimum Gasteiger partial charge on any atom is -0.384 e. The highest BCUT2D eigenvalue weighted by molar-refractivity contribution is 6.03. The molecular formula is C13H11N3O3. The molecule has 0 aliphatic carbocycles. The quantitative estimate of drug-likeness (QED) is 0.783. The van der Waals surface area contributed by atoms with Crippen LogP contribution in [0.25, 0.3) is 0 Å². The summed E-state index contributed by atoms with van der Waals surface area (Å²) in [6.07, 6.45) is 1.49. The molecule has 0 fully saturated rings. The highest BCUT2D eigenvalue weighted by Gasteiger charge is 2.13. The number of nitrogens with one attached hydrogen (secondary N) is 1. The lowest BCUT2D eigenvalue weighted by Gasteiger charge is -2.02. The van der Waals surface area contributed by atoms with E-state index in [0.29, 0.717) is 17.1 Å². The van der Waals surface area contributed by atoms with Crippen molar-refractivity contribution in [3.8, 4) is 11.8 Å². The molecule has 0 radical (unpaired) electrons. The first-order chi connectivity index (χ1) is 9.20. The molecule has 1 amide bonds. The van der Waals surface area contributed by atoms with Crippen molar-refractivity contribution in [3.63, 3.8) is 0 Å².